The van der Waals surface area contributed by atoms with Gasteiger partial charge < -0.3 is 4.57 Å². The highest BCUT2D eigenvalue weighted by Crippen LogP contribution is 2.33. The van der Waals surface area contributed by atoms with Crippen LogP contribution in [0.4, 0.5) is 0 Å². The summed E-state index contributed by atoms with van der Waals surface area (Å²) in [6, 6.07) is 44.3. The van der Waals surface area contributed by atoms with Gasteiger partial charge in [-0.05, 0) is 30.3 Å². The minimum Gasteiger partial charge on any atom is -0.309 e. The number of fused-ring (bicyclic) bond motifs is 4. The van der Waals surface area contributed by atoms with Crippen LogP contribution >= 0.6 is 0 Å². The molecule has 0 saturated heterocycles. The van der Waals surface area contributed by atoms with E-state index in [1.807, 2.05) is 30.3 Å². The van der Waals surface area contributed by atoms with Gasteiger partial charge in [-0.2, -0.15) is 0 Å². The van der Waals surface area contributed by atoms with Gasteiger partial charge in [-0.3, -0.25) is 0 Å². The first-order chi connectivity index (χ1) is 17.4. The van der Waals surface area contributed by atoms with Crippen LogP contribution in [0.5, 0.6) is 0 Å². The van der Waals surface area contributed by atoms with Crippen molar-refractivity contribution in [2.45, 2.75) is 0 Å². The van der Waals surface area contributed by atoms with Crippen molar-refractivity contribution in [3.63, 3.8) is 0 Å². The van der Waals surface area contributed by atoms with Gasteiger partial charge in [0.15, 0.2) is 5.82 Å². The summed E-state index contributed by atoms with van der Waals surface area (Å²) >= 11 is 0. The molecular weight excluding hydrogens is 426 g/mol. The zero-order valence-electron chi connectivity index (χ0n) is 19.0. The zero-order valence-corrected chi connectivity index (χ0v) is 19.0. The van der Waals surface area contributed by atoms with Crippen LogP contribution in [0, 0.1) is 0 Å². The van der Waals surface area contributed by atoms with Crippen molar-refractivity contribution >= 4 is 32.7 Å². The van der Waals surface area contributed by atoms with Crippen molar-refractivity contribution < 1.29 is 0 Å². The Balaban J connectivity index is 1.41. The van der Waals surface area contributed by atoms with Gasteiger partial charge in [-0.25, -0.2) is 9.97 Å². The normalized spacial score (nSPS) is 11.4. The quantitative estimate of drug-likeness (QED) is 0.274. The molecule has 3 nitrogen and oxygen atoms in total. The summed E-state index contributed by atoms with van der Waals surface area (Å²) in [5.41, 5.74) is 7.53. The first-order valence-electron chi connectivity index (χ1n) is 11.8. The Morgan fingerprint density at radius 3 is 1.69 bits per heavy atom. The molecule has 0 spiro atoms. The van der Waals surface area contributed by atoms with Gasteiger partial charge in [0.05, 0.1) is 22.2 Å². The van der Waals surface area contributed by atoms with E-state index in [2.05, 4.69) is 102 Å². The predicted octanol–water partition coefficient (Wildman–Crippen LogP) is 8.06. The summed E-state index contributed by atoms with van der Waals surface area (Å²) in [6.07, 6.45) is 0. The van der Waals surface area contributed by atoms with Gasteiger partial charge in [0.25, 0.3) is 0 Å². The number of benzene rings is 5. The van der Waals surface area contributed by atoms with Gasteiger partial charge in [0.1, 0.15) is 0 Å². The van der Waals surface area contributed by atoms with Crippen LogP contribution in [0.15, 0.2) is 127 Å². The number of aromatic nitrogens is 3. The molecule has 0 fully saturated rings. The van der Waals surface area contributed by atoms with E-state index in [-0.39, 0.29) is 0 Å². The molecule has 0 N–H and O–H groups in total. The lowest BCUT2D eigenvalue weighted by Crippen LogP contribution is -1.96. The first-order valence-corrected chi connectivity index (χ1v) is 11.8. The fraction of sp³-hybridized carbons (Fsp3) is 0. The van der Waals surface area contributed by atoms with Gasteiger partial charge in [-0.1, -0.05) is 97.1 Å². The third kappa shape index (κ3) is 3.21. The Bertz CT molecular complexity index is 1780. The van der Waals surface area contributed by atoms with Gasteiger partial charge in [0.2, 0.25) is 0 Å². The highest BCUT2D eigenvalue weighted by atomic mass is 15.0. The minimum atomic E-state index is 0.741. The van der Waals surface area contributed by atoms with Gasteiger partial charge >= 0.3 is 0 Å². The summed E-state index contributed by atoms with van der Waals surface area (Å²) in [4.78, 5) is 9.86. The highest BCUT2D eigenvalue weighted by molar-refractivity contribution is 6.09. The van der Waals surface area contributed by atoms with E-state index in [9.17, 15) is 0 Å². The first kappa shape index (κ1) is 19.7. The Hall–Kier alpha value is -4.76. The number of hydrogen-bond acceptors (Lipinski definition) is 2. The van der Waals surface area contributed by atoms with Crippen LogP contribution < -0.4 is 0 Å². The van der Waals surface area contributed by atoms with Crippen LogP contribution in [-0.4, -0.2) is 14.5 Å². The van der Waals surface area contributed by atoms with Crippen LogP contribution in [0.3, 0.4) is 0 Å². The van der Waals surface area contributed by atoms with Gasteiger partial charge in [0, 0.05) is 33.0 Å². The average Bonchev–Trinajstić information content (AvgIpc) is 3.27. The van der Waals surface area contributed by atoms with Crippen molar-refractivity contribution in [1.82, 2.24) is 14.5 Å². The maximum atomic E-state index is 5.02. The maximum absolute atomic E-state index is 5.02. The Labute approximate surface area is 203 Å². The van der Waals surface area contributed by atoms with Crippen LogP contribution in [0.25, 0.3) is 61.0 Å². The van der Waals surface area contributed by atoms with E-state index < -0.39 is 0 Å². The molecule has 0 saturated carbocycles. The molecule has 0 atom stereocenters. The molecule has 7 rings (SSSR count). The van der Waals surface area contributed by atoms with Crippen LogP contribution in [0.1, 0.15) is 0 Å². The summed E-state index contributed by atoms with van der Waals surface area (Å²) in [5.74, 6) is 0.741. The fourth-order valence-electron chi connectivity index (χ4n) is 4.98. The SMILES string of the molecule is c1ccc(-c2nc(-c3ccc(-n4c5ccccc5c5ccccc54)cc3)c3ccccc3n2)cc1. The summed E-state index contributed by atoms with van der Waals surface area (Å²) in [5, 5.41) is 3.58. The molecular formula is C32H21N3. The molecule has 7 aromatic rings. The zero-order chi connectivity index (χ0) is 23.2. The molecule has 0 radical (unpaired) electrons. The Morgan fingerprint density at radius 2 is 1.00 bits per heavy atom. The highest BCUT2D eigenvalue weighted by Gasteiger charge is 2.14. The number of hydrogen-bond donors (Lipinski definition) is 0. The molecule has 5 aromatic carbocycles. The molecule has 0 aliphatic heterocycles. The van der Waals surface area contributed by atoms with Crippen molar-refractivity contribution in [2.24, 2.45) is 0 Å². The van der Waals surface area contributed by atoms with Crippen molar-refractivity contribution in [3.8, 4) is 28.3 Å². The number of nitrogens with zero attached hydrogens (tertiary/aromatic N) is 3. The van der Waals surface area contributed by atoms with E-state index in [0.29, 0.717) is 0 Å². The van der Waals surface area contributed by atoms with Crippen LogP contribution in [0.2, 0.25) is 0 Å². The largest absolute Gasteiger partial charge is 0.309 e. The molecule has 0 amide bonds. The topological polar surface area (TPSA) is 30.7 Å². The molecule has 35 heavy (non-hydrogen) atoms. The Kier molecular flexibility index (Phi) is 4.46. The number of para-hydroxylation sites is 3. The van der Waals surface area contributed by atoms with Crippen LogP contribution in [-0.2, 0) is 0 Å². The third-order valence-electron chi connectivity index (χ3n) is 6.61. The molecule has 0 aliphatic carbocycles. The summed E-state index contributed by atoms with van der Waals surface area (Å²) < 4.78 is 2.34. The van der Waals surface area contributed by atoms with E-state index in [1.165, 1.54) is 21.8 Å². The predicted molar refractivity (Wildman–Crippen MR) is 145 cm³/mol. The monoisotopic (exact) mass is 447 g/mol. The standard InChI is InChI=1S/C32H21N3/c1-2-10-23(11-3-1)32-33-28-15-7-4-14-27(28)31(34-32)22-18-20-24(21-19-22)35-29-16-8-5-12-25(29)26-13-6-9-17-30(26)35/h1-21H. The number of rotatable bonds is 3. The molecule has 3 heteroatoms. The van der Waals surface area contributed by atoms with E-state index in [4.69, 9.17) is 9.97 Å². The second-order valence-electron chi connectivity index (χ2n) is 8.70. The fourth-order valence-corrected chi connectivity index (χ4v) is 4.98. The van der Waals surface area contributed by atoms with E-state index in [1.54, 1.807) is 0 Å². The summed E-state index contributed by atoms with van der Waals surface area (Å²) in [7, 11) is 0. The van der Waals surface area contributed by atoms with E-state index in [0.717, 1.165) is 39.2 Å². The lowest BCUT2D eigenvalue weighted by atomic mass is 10.0. The average molecular weight is 448 g/mol. The lowest BCUT2D eigenvalue weighted by Gasteiger charge is -2.11. The molecule has 2 heterocycles. The second-order valence-corrected chi connectivity index (χ2v) is 8.70. The third-order valence-corrected chi connectivity index (χ3v) is 6.61. The molecule has 0 aliphatic rings. The Morgan fingerprint density at radius 1 is 0.429 bits per heavy atom. The molecule has 2 aromatic heterocycles. The molecule has 0 bridgehead atoms. The molecule has 0 unspecified atom stereocenters. The van der Waals surface area contributed by atoms with Crippen molar-refractivity contribution in [2.75, 3.05) is 0 Å². The van der Waals surface area contributed by atoms with E-state index >= 15 is 0 Å². The second kappa shape index (κ2) is 7.93. The lowest BCUT2D eigenvalue weighted by molar-refractivity contribution is 1.18. The smallest absolute Gasteiger partial charge is 0.160 e. The van der Waals surface area contributed by atoms with Crippen molar-refractivity contribution in [3.05, 3.63) is 127 Å². The maximum Gasteiger partial charge on any atom is 0.160 e. The molecule has 164 valence electrons. The summed E-state index contributed by atoms with van der Waals surface area (Å²) in [6.45, 7) is 0. The van der Waals surface area contributed by atoms with Crippen molar-refractivity contribution in [1.29, 1.82) is 0 Å². The van der Waals surface area contributed by atoms with Gasteiger partial charge in [-0.15, -0.1) is 0 Å². The minimum absolute atomic E-state index is 0.741.